The zero-order chi connectivity index (χ0) is 19.4. The summed E-state index contributed by atoms with van der Waals surface area (Å²) in [6.07, 6.45) is -2.79. The second-order valence-corrected chi connectivity index (χ2v) is 5.97. The number of hydrogen-bond acceptors (Lipinski definition) is 6. The Balaban J connectivity index is 1.76. The van der Waals surface area contributed by atoms with Crippen LogP contribution in [0.25, 0.3) is 17.2 Å². The highest BCUT2D eigenvalue weighted by molar-refractivity contribution is 5.66. The molecule has 140 valence electrons. The number of rotatable bonds is 6. The van der Waals surface area contributed by atoms with Crippen molar-refractivity contribution in [2.24, 2.45) is 11.6 Å². The molecule has 3 aromatic rings. The molecule has 0 bridgehead atoms. The summed E-state index contributed by atoms with van der Waals surface area (Å²) in [4.78, 5) is 0. The fraction of sp³-hybridized carbons (Fsp3) is 0.158. The lowest BCUT2D eigenvalue weighted by atomic mass is 10.1. The van der Waals surface area contributed by atoms with Crippen LogP contribution in [0.3, 0.4) is 0 Å². The number of nitrogens with zero attached hydrogens (tertiary/aromatic N) is 3. The molecule has 0 saturated heterocycles. The predicted octanol–water partition coefficient (Wildman–Crippen LogP) is 3.70. The molecule has 0 unspecified atom stereocenters. The summed E-state index contributed by atoms with van der Waals surface area (Å²) in [6.45, 7) is 2.20. The molecule has 0 aliphatic carbocycles. The third-order valence-electron chi connectivity index (χ3n) is 3.89. The van der Waals surface area contributed by atoms with E-state index < -0.39 is 12.3 Å². The summed E-state index contributed by atoms with van der Waals surface area (Å²) in [5, 5.41) is 8.53. The number of nitrogens with two attached hydrogens (primary N) is 2. The van der Waals surface area contributed by atoms with Crippen molar-refractivity contribution in [1.82, 2.24) is 15.2 Å². The zero-order valence-electron chi connectivity index (χ0n) is 14.6. The minimum absolute atomic E-state index is 0.0455. The first-order valence-electron chi connectivity index (χ1n) is 8.20. The number of allylic oxidation sites excluding steroid dienone is 1. The van der Waals surface area contributed by atoms with Gasteiger partial charge in [-0.1, -0.05) is 42.5 Å². The molecule has 0 fully saturated rings. The highest BCUT2D eigenvalue weighted by Gasteiger charge is 2.17. The van der Waals surface area contributed by atoms with Crippen LogP contribution in [-0.4, -0.2) is 15.2 Å². The van der Waals surface area contributed by atoms with Crippen molar-refractivity contribution < 1.29 is 13.2 Å². The van der Waals surface area contributed by atoms with Gasteiger partial charge in [0.25, 0.3) is 5.89 Å². The van der Waals surface area contributed by atoms with E-state index >= 15 is 0 Å². The van der Waals surface area contributed by atoms with Crippen molar-refractivity contribution in [3.05, 3.63) is 77.3 Å². The molecule has 0 saturated carbocycles. The van der Waals surface area contributed by atoms with E-state index in [4.69, 9.17) is 16.0 Å². The highest BCUT2D eigenvalue weighted by Crippen LogP contribution is 2.25. The standard InChI is InChI=1S/C19H19F2N5O/c1-12(22)16(14-5-3-2-4-6-14)26(23)11-13-7-9-15(10-8-13)18-24-25-19(27-18)17(20)21/h2-10,17H,11,22-23H2,1H3/b16-12-. The molecule has 8 heteroatoms. The first kappa shape index (κ1) is 18.5. The van der Waals surface area contributed by atoms with Gasteiger partial charge in [-0.3, -0.25) is 0 Å². The molecule has 3 rings (SSSR count). The number of halogens is 2. The highest BCUT2D eigenvalue weighted by atomic mass is 19.3. The van der Waals surface area contributed by atoms with E-state index in [0.717, 1.165) is 16.8 Å². The van der Waals surface area contributed by atoms with Crippen LogP contribution in [-0.2, 0) is 6.54 Å². The Morgan fingerprint density at radius 3 is 2.30 bits per heavy atom. The van der Waals surface area contributed by atoms with Gasteiger partial charge in [0.05, 0.1) is 12.2 Å². The van der Waals surface area contributed by atoms with E-state index in [-0.39, 0.29) is 5.89 Å². The predicted molar refractivity (Wildman–Crippen MR) is 97.6 cm³/mol. The smallest absolute Gasteiger partial charge is 0.314 e. The van der Waals surface area contributed by atoms with Gasteiger partial charge in [0.15, 0.2) is 0 Å². The third kappa shape index (κ3) is 4.29. The summed E-state index contributed by atoms with van der Waals surface area (Å²) in [5.74, 6) is 5.59. The Morgan fingerprint density at radius 2 is 1.74 bits per heavy atom. The van der Waals surface area contributed by atoms with Gasteiger partial charge in [-0.05, 0) is 24.6 Å². The van der Waals surface area contributed by atoms with E-state index in [1.54, 1.807) is 24.1 Å². The van der Waals surface area contributed by atoms with E-state index in [0.29, 0.717) is 17.8 Å². The first-order chi connectivity index (χ1) is 13.0. The number of benzene rings is 2. The van der Waals surface area contributed by atoms with Crippen LogP contribution in [0, 0.1) is 0 Å². The van der Waals surface area contributed by atoms with Gasteiger partial charge in [-0.25, -0.2) is 5.84 Å². The Bertz CT molecular complexity index is 919. The quantitative estimate of drug-likeness (QED) is 0.507. The average Bonchev–Trinajstić information content (AvgIpc) is 3.13. The van der Waals surface area contributed by atoms with Crippen LogP contribution in [0.4, 0.5) is 8.78 Å². The molecule has 0 aliphatic rings. The summed E-state index contributed by atoms with van der Waals surface area (Å²) in [7, 11) is 0. The maximum Gasteiger partial charge on any atom is 0.314 e. The molecular weight excluding hydrogens is 352 g/mol. The number of hydrogen-bond donors (Lipinski definition) is 2. The van der Waals surface area contributed by atoms with E-state index in [9.17, 15) is 8.78 Å². The van der Waals surface area contributed by atoms with Crippen molar-refractivity contribution in [1.29, 1.82) is 0 Å². The second-order valence-electron chi connectivity index (χ2n) is 5.97. The van der Waals surface area contributed by atoms with Gasteiger partial charge in [0, 0.05) is 16.8 Å². The molecule has 1 aromatic heterocycles. The molecule has 1 heterocycles. The monoisotopic (exact) mass is 371 g/mol. The summed E-state index contributed by atoms with van der Waals surface area (Å²) in [6, 6.07) is 16.7. The van der Waals surface area contributed by atoms with Crippen LogP contribution < -0.4 is 11.6 Å². The molecule has 0 amide bonds. The van der Waals surface area contributed by atoms with Crippen molar-refractivity contribution >= 4 is 5.70 Å². The lowest BCUT2D eigenvalue weighted by molar-refractivity contribution is 0.116. The fourth-order valence-electron chi connectivity index (χ4n) is 2.68. The molecule has 0 aliphatic heterocycles. The van der Waals surface area contributed by atoms with Crippen LogP contribution in [0.15, 0.2) is 64.7 Å². The van der Waals surface area contributed by atoms with Crippen molar-refractivity contribution in [2.45, 2.75) is 19.9 Å². The summed E-state index contributed by atoms with van der Waals surface area (Å²) >= 11 is 0. The molecule has 0 spiro atoms. The number of hydrazine groups is 1. The molecule has 27 heavy (non-hydrogen) atoms. The molecule has 6 nitrogen and oxygen atoms in total. The second kappa shape index (κ2) is 7.96. The fourth-order valence-corrected chi connectivity index (χ4v) is 2.68. The zero-order valence-corrected chi connectivity index (χ0v) is 14.6. The third-order valence-corrected chi connectivity index (χ3v) is 3.89. The summed E-state index contributed by atoms with van der Waals surface area (Å²) in [5.41, 5.74) is 9.73. The van der Waals surface area contributed by atoms with E-state index in [1.807, 2.05) is 42.5 Å². The first-order valence-corrected chi connectivity index (χ1v) is 8.20. The molecule has 2 aromatic carbocycles. The molecular formula is C19H19F2N5O. The maximum absolute atomic E-state index is 12.6. The van der Waals surface area contributed by atoms with Crippen LogP contribution in [0.5, 0.6) is 0 Å². The number of alkyl halides is 2. The van der Waals surface area contributed by atoms with Crippen molar-refractivity contribution in [3.63, 3.8) is 0 Å². The Hall–Kier alpha value is -3.26. The number of aromatic nitrogens is 2. The SMILES string of the molecule is C/C(N)=C(\c1ccccc1)N(N)Cc1ccc(-c2nnc(C(F)F)o2)cc1. The van der Waals surface area contributed by atoms with Crippen LogP contribution in [0.2, 0.25) is 0 Å². The maximum atomic E-state index is 12.6. The Kier molecular flexibility index (Phi) is 5.46. The lowest BCUT2D eigenvalue weighted by Gasteiger charge is -2.24. The molecule has 0 atom stereocenters. The average molecular weight is 371 g/mol. The van der Waals surface area contributed by atoms with Crippen molar-refractivity contribution in [3.8, 4) is 11.5 Å². The van der Waals surface area contributed by atoms with E-state index in [2.05, 4.69) is 10.2 Å². The lowest BCUT2D eigenvalue weighted by Crippen LogP contribution is -2.30. The van der Waals surface area contributed by atoms with Gasteiger partial charge >= 0.3 is 6.43 Å². The van der Waals surface area contributed by atoms with Crippen LogP contribution in [0.1, 0.15) is 30.4 Å². The Morgan fingerprint density at radius 1 is 1.07 bits per heavy atom. The van der Waals surface area contributed by atoms with Crippen LogP contribution >= 0.6 is 0 Å². The van der Waals surface area contributed by atoms with Gasteiger partial charge in [-0.15, -0.1) is 10.2 Å². The van der Waals surface area contributed by atoms with Gasteiger partial charge in [0.2, 0.25) is 5.89 Å². The minimum Gasteiger partial charge on any atom is -0.415 e. The topological polar surface area (TPSA) is 94.2 Å². The summed E-state index contributed by atoms with van der Waals surface area (Å²) < 4.78 is 30.1. The van der Waals surface area contributed by atoms with Gasteiger partial charge < -0.3 is 15.2 Å². The molecule has 4 N–H and O–H groups in total. The molecule has 0 radical (unpaired) electrons. The van der Waals surface area contributed by atoms with E-state index in [1.165, 1.54) is 0 Å². The largest absolute Gasteiger partial charge is 0.415 e. The van der Waals surface area contributed by atoms with Gasteiger partial charge in [-0.2, -0.15) is 8.78 Å². The van der Waals surface area contributed by atoms with Crippen molar-refractivity contribution in [2.75, 3.05) is 0 Å². The minimum atomic E-state index is -2.79. The van der Waals surface area contributed by atoms with Gasteiger partial charge in [0.1, 0.15) is 0 Å². The Labute approximate surface area is 155 Å². The normalized spacial score (nSPS) is 12.2.